The Hall–Kier alpha value is -1.04. The van der Waals surface area contributed by atoms with Gasteiger partial charge in [0.15, 0.2) is 0 Å². The zero-order valence-corrected chi connectivity index (χ0v) is 28.2. The maximum Gasteiger partial charge on any atom is 0.306 e. The van der Waals surface area contributed by atoms with Gasteiger partial charge in [-0.15, -0.1) is 8.67 Å². The Bertz CT molecular complexity index is 1220. The van der Waals surface area contributed by atoms with E-state index in [1.54, 1.807) is 0 Å². The predicted molar refractivity (Wildman–Crippen MR) is 167 cm³/mol. The third kappa shape index (κ3) is 9.20. The number of nitrogens with zero attached hydrogens (tertiary/aromatic N) is 4. The maximum atomic E-state index is 12.0. The highest BCUT2D eigenvalue weighted by Gasteiger charge is 2.52. The molecule has 7 N–H and O–H groups in total. The van der Waals surface area contributed by atoms with Gasteiger partial charge in [-0.3, -0.25) is 9.35 Å². The van der Waals surface area contributed by atoms with Crippen LogP contribution in [0.4, 0.5) is 0 Å². The summed E-state index contributed by atoms with van der Waals surface area (Å²) >= 11 is 1.83. The van der Waals surface area contributed by atoms with Crippen LogP contribution in [0.15, 0.2) is 20.5 Å². The number of aliphatic carboxylic acids is 1. The average molecular weight is 728 g/mol. The Balaban J connectivity index is 1.31. The molecule has 268 valence electrons. The van der Waals surface area contributed by atoms with Crippen molar-refractivity contribution in [3.63, 3.8) is 0 Å². The van der Waals surface area contributed by atoms with Gasteiger partial charge in [0.2, 0.25) is 0 Å². The van der Waals surface area contributed by atoms with E-state index in [1.165, 1.54) is 0 Å². The lowest BCUT2D eigenvalue weighted by atomic mass is 9.66. The molecule has 5 rings (SSSR count). The molecule has 47 heavy (non-hydrogen) atoms. The van der Waals surface area contributed by atoms with E-state index in [-0.39, 0.29) is 59.9 Å². The van der Waals surface area contributed by atoms with Crippen molar-refractivity contribution in [3.8, 4) is 0 Å². The number of nitrogens with two attached hydrogens (primary N) is 1. The van der Waals surface area contributed by atoms with Gasteiger partial charge in [-0.25, -0.2) is 10.5 Å². The predicted octanol–water partition coefficient (Wildman–Crippen LogP) is 4.10. The topological polar surface area (TPSA) is 265 Å². The van der Waals surface area contributed by atoms with Crippen molar-refractivity contribution in [1.29, 1.82) is 0 Å². The normalized spacial score (nSPS) is 43.1. The molecule has 0 saturated heterocycles. The van der Waals surface area contributed by atoms with E-state index in [0.717, 1.165) is 49.8 Å². The van der Waals surface area contributed by atoms with Crippen molar-refractivity contribution in [2.75, 3.05) is 0 Å². The van der Waals surface area contributed by atoms with Crippen LogP contribution >= 0.6 is 24.1 Å². The fraction of sp³-hybridized carbons (Fsp3) is 0.963. The van der Waals surface area contributed by atoms with Gasteiger partial charge in [-0.05, 0) is 94.3 Å². The molecular weight excluding hydrogens is 683 g/mol. The van der Waals surface area contributed by atoms with Crippen LogP contribution in [-0.2, 0) is 33.7 Å². The van der Waals surface area contributed by atoms with Gasteiger partial charge in [0, 0.05) is 35.4 Å². The number of hydrogen-bond acceptors (Lipinski definition) is 17. The summed E-state index contributed by atoms with van der Waals surface area (Å²) in [5.74, 6) is -1.70. The first kappa shape index (κ1) is 37.2. The molecule has 0 aromatic carbocycles. The van der Waals surface area contributed by atoms with E-state index in [2.05, 4.69) is 20.3 Å². The molecule has 0 spiro atoms. The van der Waals surface area contributed by atoms with Crippen molar-refractivity contribution in [2.45, 2.75) is 129 Å². The Labute approximate surface area is 281 Å². The van der Waals surface area contributed by atoms with Gasteiger partial charge >= 0.3 is 5.97 Å². The van der Waals surface area contributed by atoms with Gasteiger partial charge in [0.05, 0.1) is 35.4 Å². The van der Waals surface area contributed by atoms with Crippen LogP contribution in [0.25, 0.3) is 0 Å². The molecule has 5 aliphatic rings. The molecule has 0 heterocycles. The minimum absolute atomic E-state index is 0.0402. The highest BCUT2D eigenvalue weighted by molar-refractivity contribution is 7.95. The second-order valence-corrected chi connectivity index (χ2v) is 17.2. The van der Waals surface area contributed by atoms with E-state index >= 15 is 0 Å². The van der Waals surface area contributed by atoms with E-state index in [4.69, 9.17) is 35.1 Å². The molecule has 17 nitrogen and oxygen atoms in total. The molecule has 5 aliphatic carbocycles. The molecule has 0 aliphatic heterocycles. The van der Waals surface area contributed by atoms with Crippen LogP contribution in [-0.4, -0.2) is 91.7 Å². The second-order valence-electron chi connectivity index (χ2n) is 13.6. The molecule has 0 aromatic heterocycles. The Kier molecular flexibility index (Phi) is 13.3. The van der Waals surface area contributed by atoms with Crippen molar-refractivity contribution < 1.29 is 57.2 Å². The number of fused-ring (bicyclic) bond motifs is 2. The lowest BCUT2D eigenvalue weighted by Gasteiger charge is -2.48. The number of aliphatic hydroxyl groups is 1. The molecular formula is C27H45N5O12S3. The summed E-state index contributed by atoms with van der Waals surface area (Å²) in [5.41, 5.74) is 6.14. The van der Waals surface area contributed by atoms with Crippen LogP contribution in [0.1, 0.15) is 77.0 Å². The fourth-order valence-electron chi connectivity index (χ4n) is 8.72. The number of carbonyl (C=O) groups is 1. The third-order valence-corrected chi connectivity index (χ3v) is 14.0. The monoisotopic (exact) mass is 727 g/mol. The molecule has 14 atom stereocenters. The maximum absolute atomic E-state index is 12.0. The summed E-state index contributed by atoms with van der Waals surface area (Å²) in [4.78, 5) is 11.5. The van der Waals surface area contributed by atoms with Crippen LogP contribution in [0.5, 0.6) is 0 Å². The first-order valence-corrected chi connectivity index (χ1v) is 19.3. The molecule has 0 radical (unpaired) electrons. The van der Waals surface area contributed by atoms with Crippen LogP contribution < -0.4 is 5.73 Å². The highest BCUT2D eigenvalue weighted by atomic mass is 32.2. The Morgan fingerprint density at radius 2 is 1.49 bits per heavy atom. The van der Waals surface area contributed by atoms with Gasteiger partial charge < -0.3 is 15.9 Å². The number of carboxylic acid groups (broad SMARTS) is 1. The van der Waals surface area contributed by atoms with Crippen molar-refractivity contribution in [1.82, 2.24) is 0 Å². The first-order chi connectivity index (χ1) is 22.5. The SMILES string of the molecule is NC1CC2C(CC(SOOO)C(N=NC3CCC(N=NC4CCCC(C(=O)O)C4)C4CC(SOOO)CCC34)C2O)CC1S(=O)(=O)O. The standard InChI is InChI=1S/C27H45N5O12S3/c28-20-12-18-14(10-24(20)47(38,39)40)9-23(46-44-42-37)25(26(18)33)32-31-21-6-7-22(19-11-16(45-43-41-36)4-5-17(19)21)30-29-15-3-1-2-13(8-15)27(34)35/h13-26,33,36-37H,1-12,28H2,(H,34,35)(H,38,39,40). The molecule has 20 heteroatoms. The van der Waals surface area contributed by atoms with Crippen molar-refractivity contribution in [3.05, 3.63) is 0 Å². The number of aliphatic hydroxyl groups excluding tert-OH is 1. The highest BCUT2D eigenvalue weighted by Crippen LogP contribution is 2.49. The Morgan fingerprint density at radius 1 is 0.787 bits per heavy atom. The van der Waals surface area contributed by atoms with E-state index in [9.17, 15) is 28.0 Å². The molecule has 0 amide bonds. The lowest BCUT2D eigenvalue weighted by Crippen LogP contribution is -2.57. The summed E-state index contributed by atoms with van der Waals surface area (Å²) in [6.45, 7) is 0. The van der Waals surface area contributed by atoms with Crippen LogP contribution in [0, 0.1) is 29.6 Å². The number of azo groups is 2. The van der Waals surface area contributed by atoms with Gasteiger partial charge in [-0.2, -0.15) is 28.9 Å². The number of carboxylic acids is 1. The summed E-state index contributed by atoms with van der Waals surface area (Å²) in [7, 11) is -4.38. The first-order valence-electron chi connectivity index (χ1n) is 16.2. The molecule has 14 unspecified atom stereocenters. The molecule has 0 aromatic rings. The van der Waals surface area contributed by atoms with E-state index in [0.29, 0.717) is 38.5 Å². The van der Waals surface area contributed by atoms with Gasteiger partial charge in [-0.1, -0.05) is 16.5 Å². The van der Waals surface area contributed by atoms with E-state index < -0.39 is 50.7 Å². The van der Waals surface area contributed by atoms with E-state index in [1.807, 2.05) is 0 Å². The van der Waals surface area contributed by atoms with Gasteiger partial charge in [0.25, 0.3) is 10.1 Å². The quantitative estimate of drug-likeness (QED) is 0.0543. The van der Waals surface area contributed by atoms with Gasteiger partial charge in [0.1, 0.15) is 11.3 Å². The third-order valence-electron chi connectivity index (χ3n) is 11.0. The minimum atomic E-state index is -4.38. The minimum Gasteiger partial charge on any atom is -0.481 e. The largest absolute Gasteiger partial charge is 0.481 e. The molecule has 5 saturated carbocycles. The van der Waals surface area contributed by atoms with Crippen molar-refractivity contribution in [2.24, 2.45) is 55.8 Å². The zero-order chi connectivity index (χ0) is 33.7. The van der Waals surface area contributed by atoms with Crippen LogP contribution in [0.2, 0.25) is 0 Å². The smallest absolute Gasteiger partial charge is 0.306 e. The summed E-state index contributed by atoms with van der Waals surface area (Å²) in [6, 6.07) is -2.01. The summed E-state index contributed by atoms with van der Waals surface area (Å²) in [6.07, 6.45) is 5.96. The summed E-state index contributed by atoms with van der Waals surface area (Å²) in [5, 5.41) is 63.4. The second kappa shape index (κ2) is 16.8. The summed E-state index contributed by atoms with van der Waals surface area (Å²) < 4.78 is 43.1. The number of rotatable bonds is 12. The number of hydrogen-bond donors (Lipinski definition) is 6. The average Bonchev–Trinajstić information content (AvgIpc) is 3.05. The molecule has 0 bridgehead atoms. The zero-order valence-electron chi connectivity index (χ0n) is 25.8. The Morgan fingerprint density at radius 3 is 2.19 bits per heavy atom. The van der Waals surface area contributed by atoms with Crippen LogP contribution in [0.3, 0.4) is 0 Å². The molecule has 5 fully saturated rings. The fourth-order valence-corrected chi connectivity index (χ4v) is 11.2. The van der Waals surface area contributed by atoms with Crippen molar-refractivity contribution >= 4 is 40.2 Å². The lowest BCUT2D eigenvalue weighted by molar-refractivity contribution is -0.432.